The fourth-order valence-electron chi connectivity index (χ4n) is 1.03. The van der Waals surface area contributed by atoms with Crippen LogP contribution in [0.4, 0.5) is 5.69 Å². The zero-order valence-electron chi connectivity index (χ0n) is 7.91. The van der Waals surface area contributed by atoms with Crippen LogP contribution in [0.15, 0.2) is 22.7 Å². The van der Waals surface area contributed by atoms with Crippen LogP contribution >= 0.6 is 15.9 Å². The van der Waals surface area contributed by atoms with Gasteiger partial charge in [-0.05, 0) is 18.2 Å². The lowest BCUT2D eigenvalue weighted by molar-refractivity contribution is 0.0697. The topological polar surface area (TPSA) is 52.6 Å². The van der Waals surface area contributed by atoms with Gasteiger partial charge in [0.15, 0.2) is 0 Å². The summed E-state index contributed by atoms with van der Waals surface area (Å²) in [6, 6.07) is 5.07. The SMILES string of the molecule is CN(C)Nc1ccc(Br)cc1C(=O)O. The molecule has 0 fully saturated rings. The quantitative estimate of drug-likeness (QED) is 0.815. The first kappa shape index (κ1) is 11.0. The van der Waals surface area contributed by atoms with Crippen molar-refractivity contribution in [2.45, 2.75) is 0 Å². The summed E-state index contributed by atoms with van der Waals surface area (Å²) >= 11 is 3.23. The molecule has 0 aliphatic rings. The molecule has 0 heterocycles. The van der Waals surface area contributed by atoms with Crippen LogP contribution in [0.2, 0.25) is 0 Å². The van der Waals surface area contributed by atoms with Crippen molar-refractivity contribution in [2.24, 2.45) is 0 Å². The van der Waals surface area contributed by atoms with Crippen molar-refractivity contribution >= 4 is 27.6 Å². The number of nitrogens with zero attached hydrogens (tertiary/aromatic N) is 1. The van der Waals surface area contributed by atoms with E-state index in [1.54, 1.807) is 37.3 Å². The first-order chi connectivity index (χ1) is 6.50. The average molecular weight is 259 g/mol. The number of carbonyl (C=O) groups is 1. The standard InChI is InChI=1S/C9H11BrN2O2/c1-12(2)11-8-4-3-6(10)5-7(8)9(13)14/h3-5,11H,1-2H3,(H,13,14). The Morgan fingerprint density at radius 3 is 2.64 bits per heavy atom. The van der Waals surface area contributed by atoms with Crippen molar-refractivity contribution in [3.05, 3.63) is 28.2 Å². The van der Waals surface area contributed by atoms with E-state index in [-0.39, 0.29) is 5.56 Å². The number of hydrogen-bond donors (Lipinski definition) is 2. The van der Waals surface area contributed by atoms with Crippen LogP contribution in [0, 0.1) is 0 Å². The summed E-state index contributed by atoms with van der Waals surface area (Å²) in [5, 5.41) is 10.6. The highest BCUT2D eigenvalue weighted by molar-refractivity contribution is 9.10. The Bertz CT molecular complexity index is 353. The highest BCUT2D eigenvalue weighted by Crippen LogP contribution is 2.21. The molecule has 5 heteroatoms. The summed E-state index contributed by atoms with van der Waals surface area (Å²) < 4.78 is 0.749. The highest BCUT2D eigenvalue weighted by Gasteiger charge is 2.10. The Morgan fingerprint density at radius 1 is 1.50 bits per heavy atom. The third kappa shape index (κ3) is 2.71. The van der Waals surface area contributed by atoms with Crippen LogP contribution in [0.1, 0.15) is 10.4 Å². The second-order valence-corrected chi connectivity index (χ2v) is 3.92. The molecule has 0 amide bonds. The molecule has 0 aromatic heterocycles. The van der Waals surface area contributed by atoms with E-state index in [2.05, 4.69) is 21.4 Å². The zero-order chi connectivity index (χ0) is 10.7. The average Bonchev–Trinajstić information content (AvgIpc) is 2.07. The summed E-state index contributed by atoms with van der Waals surface area (Å²) in [5.41, 5.74) is 3.73. The zero-order valence-corrected chi connectivity index (χ0v) is 9.50. The lowest BCUT2D eigenvalue weighted by Crippen LogP contribution is -2.21. The highest BCUT2D eigenvalue weighted by atomic mass is 79.9. The monoisotopic (exact) mass is 258 g/mol. The lowest BCUT2D eigenvalue weighted by atomic mass is 10.2. The van der Waals surface area contributed by atoms with Gasteiger partial charge in [0.05, 0.1) is 11.3 Å². The van der Waals surface area contributed by atoms with Crippen LogP contribution in [-0.4, -0.2) is 30.2 Å². The van der Waals surface area contributed by atoms with Gasteiger partial charge in [-0.25, -0.2) is 9.80 Å². The summed E-state index contributed by atoms with van der Waals surface area (Å²) in [5.74, 6) is -0.948. The number of hydrogen-bond acceptors (Lipinski definition) is 3. The van der Waals surface area contributed by atoms with Gasteiger partial charge in [0.1, 0.15) is 0 Å². The smallest absolute Gasteiger partial charge is 0.337 e. The van der Waals surface area contributed by atoms with E-state index in [1.807, 2.05) is 0 Å². The third-order valence-electron chi connectivity index (χ3n) is 1.56. The number of hydrazine groups is 1. The molecule has 2 N–H and O–H groups in total. The molecule has 14 heavy (non-hydrogen) atoms. The number of halogens is 1. The fourth-order valence-corrected chi connectivity index (χ4v) is 1.39. The minimum Gasteiger partial charge on any atom is -0.478 e. The van der Waals surface area contributed by atoms with E-state index in [1.165, 1.54) is 0 Å². The van der Waals surface area contributed by atoms with Gasteiger partial charge in [-0.15, -0.1) is 0 Å². The second kappa shape index (κ2) is 4.43. The van der Waals surface area contributed by atoms with Crippen molar-refractivity contribution < 1.29 is 9.90 Å². The van der Waals surface area contributed by atoms with Gasteiger partial charge in [-0.3, -0.25) is 0 Å². The molecule has 0 radical (unpaired) electrons. The maximum absolute atomic E-state index is 10.9. The molecular weight excluding hydrogens is 248 g/mol. The maximum atomic E-state index is 10.9. The van der Waals surface area contributed by atoms with Crippen LogP contribution in [0.3, 0.4) is 0 Å². The Labute approximate surface area is 90.6 Å². The Balaban J connectivity index is 3.08. The molecule has 1 aromatic rings. The molecule has 0 atom stereocenters. The Kier molecular flexibility index (Phi) is 3.49. The van der Waals surface area contributed by atoms with Crippen LogP contribution in [0.25, 0.3) is 0 Å². The Morgan fingerprint density at radius 2 is 2.14 bits per heavy atom. The Hall–Kier alpha value is -1.07. The predicted molar refractivity (Wildman–Crippen MR) is 58.4 cm³/mol. The van der Waals surface area contributed by atoms with Gasteiger partial charge in [0.25, 0.3) is 0 Å². The van der Waals surface area contributed by atoms with Gasteiger partial charge in [0.2, 0.25) is 0 Å². The van der Waals surface area contributed by atoms with Crippen molar-refractivity contribution in [2.75, 3.05) is 19.5 Å². The first-order valence-electron chi connectivity index (χ1n) is 3.97. The van der Waals surface area contributed by atoms with Crippen molar-refractivity contribution in [1.82, 2.24) is 5.01 Å². The van der Waals surface area contributed by atoms with Gasteiger partial charge in [-0.2, -0.15) is 0 Å². The minimum absolute atomic E-state index is 0.244. The molecule has 0 spiro atoms. The van der Waals surface area contributed by atoms with Gasteiger partial charge in [-0.1, -0.05) is 15.9 Å². The fraction of sp³-hybridized carbons (Fsp3) is 0.222. The molecule has 0 bridgehead atoms. The molecule has 0 aliphatic carbocycles. The first-order valence-corrected chi connectivity index (χ1v) is 4.77. The molecule has 1 aromatic carbocycles. The number of benzene rings is 1. The number of carboxylic acids is 1. The largest absolute Gasteiger partial charge is 0.478 e. The van der Waals surface area contributed by atoms with Crippen molar-refractivity contribution in [3.63, 3.8) is 0 Å². The molecule has 0 saturated heterocycles. The molecule has 0 aliphatic heterocycles. The van der Waals surface area contributed by atoms with Crippen LogP contribution in [-0.2, 0) is 0 Å². The molecule has 1 rings (SSSR count). The van der Waals surface area contributed by atoms with E-state index in [4.69, 9.17) is 5.11 Å². The summed E-state index contributed by atoms with van der Waals surface area (Å²) in [7, 11) is 3.60. The molecular formula is C9H11BrN2O2. The van der Waals surface area contributed by atoms with E-state index in [0.29, 0.717) is 5.69 Å². The minimum atomic E-state index is -0.948. The predicted octanol–water partition coefficient (Wildman–Crippen LogP) is 2.04. The van der Waals surface area contributed by atoms with Gasteiger partial charge in [0, 0.05) is 18.6 Å². The van der Waals surface area contributed by atoms with Gasteiger partial charge >= 0.3 is 5.97 Å². The third-order valence-corrected chi connectivity index (χ3v) is 2.05. The summed E-state index contributed by atoms with van der Waals surface area (Å²) in [6.45, 7) is 0. The molecule has 76 valence electrons. The molecule has 4 nitrogen and oxygen atoms in total. The number of aromatic carboxylic acids is 1. The van der Waals surface area contributed by atoms with Crippen molar-refractivity contribution in [1.29, 1.82) is 0 Å². The van der Waals surface area contributed by atoms with E-state index in [0.717, 1.165) is 4.47 Å². The molecule has 0 unspecified atom stereocenters. The summed E-state index contributed by atoms with van der Waals surface area (Å²) in [6.07, 6.45) is 0. The maximum Gasteiger partial charge on any atom is 0.337 e. The second-order valence-electron chi connectivity index (χ2n) is 3.00. The number of anilines is 1. The van der Waals surface area contributed by atoms with Crippen molar-refractivity contribution in [3.8, 4) is 0 Å². The number of rotatable bonds is 3. The number of carboxylic acid groups (broad SMARTS) is 1. The van der Waals surface area contributed by atoms with Crippen LogP contribution in [0.5, 0.6) is 0 Å². The number of nitrogens with one attached hydrogen (secondary N) is 1. The normalized spacial score (nSPS) is 10.3. The van der Waals surface area contributed by atoms with E-state index in [9.17, 15) is 4.79 Å². The van der Waals surface area contributed by atoms with E-state index >= 15 is 0 Å². The van der Waals surface area contributed by atoms with Crippen LogP contribution < -0.4 is 5.43 Å². The van der Waals surface area contributed by atoms with E-state index < -0.39 is 5.97 Å². The molecule has 0 saturated carbocycles. The van der Waals surface area contributed by atoms with Gasteiger partial charge < -0.3 is 10.5 Å². The summed E-state index contributed by atoms with van der Waals surface area (Å²) in [4.78, 5) is 10.9. The lowest BCUT2D eigenvalue weighted by Gasteiger charge is -2.15.